The van der Waals surface area contributed by atoms with Crippen molar-refractivity contribution in [1.82, 2.24) is 10.2 Å². The van der Waals surface area contributed by atoms with Gasteiger partial charge < -0.3 is 10.2 Å². The van der Waals surface area contributed by atoms with Crippen LogP contribution in [0.5, 0.6) is 0 Å². The van der Waals surface area contributed by atoms with Crippen molar-refractivity contribution < 1.29 is 14.0 Å². The van der Waals surface area contributed by atoms with E-state index in [1.165, 1.54) is 17.0 Å². The van der Waals surface area contributed by atoms with Gasteiger partial charge in [-0.1, -0.05) is 18.2 Å². The summed E-state index contributed by atoms with van der Waals surface area (Å²) < 4.78 is 13.5. The number of halogens is 1. The quantitative estimate of drug-likeness (QED) is 0.874. The smallest absolute Gasteiger partial charge is 0.257 e. The van der Waals surface area contributed by atoms with Crippen LogP contribution in [0.25, 0.3) is 0 Å². The molecule has 2 rings (SSSR count). The first-order valence-corrected chi connectivity index (χ1v) is 6.08. The van der Waals surface area contributed by atoms with E-state index in [9.17, 15) is 14.0 Å². The third-order valence-corrected chi connectivity index (χ3v) is 3.12. The number of benzene rings is 1. The first kappa shape index (κ1) is 13.3. The maximum atomic E-state index is 13.5. The van der Waals surface area contributed by atoms with E-state index in [0.717, 1.165) is 0 Å². The SMILES string of the molecule is CNC(=O)C1=CCN(C(=O)c2ccccc2F)CC1. The van der Waals surface area contributed by atoms with Crippen molar-refractivity contribution in [3.05, 3.63) is 47.3 Å². The minimum atomic E-state index is -0.520. The van der Waals surface area contributed by atoms with Crippen LogP contribution in [0.2, 0.25) is 0 Å². The number of carbonyl (C=O) groups excluding carboxylic acids is 2. The standard InChI is InChI=1S/C14H15FN2O2/c1-16-13(18)10-6-8-17(9-7-10)14(19)11-4-2-3-5-12(11)15/h2-6H,7-9H2,1H3,(H,16,18). The predicted molar refractivity (Wildman–Crippen MR) is 69.1 cm³/mol. The third kappa shape index (κ3) is 2.81. The predicted octanol–water partition coefficient (Wildman–Crippen LogP) is 1.34. The summed E-state index contributed by atoms with van der Waals surface area (Å²) in [7, 11) is 1.57. The van der Waals surface area contributed by atoms with Crippen LogP contribution in [0.4, 0.5) is 4.39 Å². The Morgan fingerprint density at radius 1 is 1.32 bits per heavy atom. The Bertz CT molecular complexity index is 540. The Kier molecular flexibility index (Phi) is 3.94. The van der Waals surface area contributed by atoms with E-state index >= 15 is 0 Å². The lowest BCUT2D eigenvalue weighted by atomic mass is 10.1. The van der Waals surface area contributed by atoms with Gasteiger partial charge in [0.1, 0.15) is 5.82 Å². The molecule has 2 amide bonds. The largest absolute Gasteiger partial charge is 0.355 e. The molecule has 1 aliphatic rings. The minimum absolute atomic E-state index is 0.0688. The molecule has 5 heteroatoms. The molecule has 0 fully saturated rings. The molecule has 0 spiro atoms. The average molecular weight is 262 g/mol. The van der Waals surface area contributed by atoms with E-state index < -0.39 is 5.82 Å². The normalized spacial score (nSPS) is 14.8. The maximum Gasteiger partial charge on any atom is 0.257 e. The van der Waals surface area contributed by atoms with Gasteiger partial charge >= 0.3 is 0 Å². The van der Waals surface area contributed by atoms with Crippen molar-refractivity contribution in [2.24, 2.45) is 0 Å². The zero-order valence-corrected chi connectivity index (χ0v) is 10.6. The van der Waals surface area contributed by atoms with E-state index in [1.807, 2.05) is 0 Å². The highest BCUT2D eigenvalue weighted by Crippen LogP contribution is 2.15. The molecular weight excluding hydrogens is 247 g/mol. The fourth-order valence-electron chi connectivity index (χ4n) is 2.03. The zero-order valence-electron chi connectivity index (χ0n) is 10.6. The Hall–Kier alpha value is -2.17. The molecule has 100 valence electrons. The van der Waals surface area contributed by atoms with Gasteiger partial charge in [0.2, 0.25) is 5.91 Å². The lowest BCUT2D eigenvalue weighted by Gasteiger charge is -2.26. The molecule has 1 aliphatic heterocycles. The number of nitrogens with one attached hydrogen (secondary N) is 1. The molecule has 0 saturated carbocycles. The molecule has 0 atom stereocenters. The van der Waals surface area contributed by atoms with Crippen LogP contribution >= 0.6 is 0 Å². The lowest BCUT2D eigenvalue weighted by Crippen LogP contribution is -2.37. The van der Waals surface area contributed by atoms with Gasteiger partial charge in [0.05, 0.1) is 5.56 Å². The summed E-state index contributed by atoms with van der Waals surface area (Å²) in [4.78, 5) is 25.1. The highest BCUT2D eigenvalue weighted by molar-refractivity contribution is 5.96. The van der Waals surface area contributed by atoms with Crippen LogP contribution in [0.1, 0.15) is 16.8 Å². The number of nitrogens with zero attached hydrogens (tertiary/aromatic N) is 1. The van der Waals surface area contributed by atoms with E-state index in [4.69, 9.17) is 0 Å². The van der Waals surface area contributed by atoms with Crippen LogP contribution in [0.3, 0.4) is 0 Å². The number of carbonyl (C=O) groups is 2. The minimum Gasteiger partial charge on any atom is -0.355 e. The molecule has 19 heavy (non-hydrogen) atoms. The molecule has 0 aliphatic carbocycles. The van der Waals surface area contributed by atoms with E-state index in [-0.39, 0.29) is 17.4 Å². The van der Waals surface area contributed by atoms with E-state index in [1.54, 1.807) is 25.3 Å². The Labute approximate surface area is 110 Å². The molecule has 1 heterocycles. The number of likely N-dealkylation sites (N-methyl/N-ethyl adjacent to an activating group) is 1. The van der Waals surface area contributed by atoms with E-state index in [0.29, 0.717) is 25.1 Å². The molecule has 0 saturated heterocycles. The molecule has 1 aromatic rings. The van der Waals surface area contributed by atoms with E-state index in [2.05, 4.69) is 5.32 Å². The summed E-state index contributed by atoms with van der Waals surface area (Å²) in [6.07, 6.45) is 2.20. The lowest BCUT2D eigenvalue weighted by molar-refractivity contribution is -0.117. The molecule has 1 N–H and O–H groups in total. The Morgan fingerprint density at radius 2 is 2.05 bits per heavy atom. The van der Waals surface area contributed by atoms with Gasteiger partial charge in [0, 0.05) is 25.7 Å². The molecule has 0 radical (unpaired) electrons. The van der Waals surface area contributed by atoms with Crippen LogP contribution in [0, 0.1) is 5.82 Å². The monoisotopic (exact) mass is 262 g/mol. The highest BCUT2D eigenvalue weighted by atomic mass is 19.1. The summed E-state index contributed by atoms with van der Waals surface area (Å²) in [6.45, 7) is 0.752. The summed E-state index contributed by atoms with van der Waals surface area (Å²) in [5, 5.41) is 2.55. The van der Waals surface area contributed by atoms with Crippen LogP contribution in [-0.4, -0.2) is 36.9 Å². The summed E-state index contributed by atoms with van der Waals surface area (Å²) in [6, 6.07) is 5.91. The number of amides is 2. The van der Waals surface area contributed by atoms with Gasteiger partial charge in [-0.3, -0.25) is 9.59 Å². The third-order valence-electron chi connectivity index (χ3n) is 3.12. The van der Waals surface area contributed by atoms with Gasteiger partial charge in [-0.25, -0.2) is 4.39 Å². The summed E-state index contributed by atoms with van der Waals surface area (Å²) in [5.74, 6) is -0.989. The van der Waals surface area contributed by atoms with Gasteiger partial charge in [0.15, 0.2) is 0 Å². The second-order valence-corrected chi connectivity index (χ2v) is 4.29. The van der Waals surface area contributed by atoms with Crippen molar-refractivity contribution in [1.29, 1.82) is 0 Å². The van der Waals surface area contributed by atoms with Crippen LogP contribution in [0.15, 0.2) is 35.9 Å². The first-order valence-electron chi connectivity index (χ1n) is 6.08. The molecule has 0 bridgehead atoms. The Morgan fingerprint density at radius 3 is 2.63 bits per heavy atom. The molecule has 4 nitrogen and oxygen atoms in total. The fourth-order valence-corrected chi connectivity index (χ4v) is 2.03. The number of rotatable bonds is 2. The molecule has 0 unspecified atom stereocenters. The van der Waals surface area contributed by atoms with Gasteiger partial charge in [0.25, 0.3) is 5.91 Å². The Balaban J connectivity index is 2.10. The topological polar surface area (TPSA) is 49.4 Å². The van der Waals surface area contributed by atoms with Crippen molar-refractivity contribution in [3.63, 3.8) is 0 Å². The van der Waals surface area contributed by atoms with Crippen molar-refractivity contribution in [3.8, 4) is 0 Å². The number of hydrogen-bond donors (Lipinski definition) is 1. The second kappa shape index (κ2) is 5.65. The number of hydrogen-bond acceptors (Lipinski definition) is 2. The molecular formula is C14H15FN2O2. The van der Waals surface area contributed by atoms with Gasteiger partial charge in [-0.2, -0.15) is 0 Å². The van der Waals surface area contributed by atoms with Crippen molar-refractivity contribution in [2.45, 2.75) is 6.42 Å². The van der Waals surface area contributed by atoms with Gasteiger partial charge in [-0.05, 0) is 18.6 Å². The van der Waals surface area contributed by atoms with Gasteiger partial charge in [-0.15, -0.1) is 0 Å². The van der Waals surface area contributed by atoms with Crippen molar-refractivity contribution >= 4 is 11.8 Å². The highest BCUT2D eigenvalue weighted by Gasteiger charge is 2.22. The van der Waals surface area contributed by atoms with Crippen LogP contribution in [-0.2, 0) is 4.79 Å². The molecule has 1 aromatic carbocycles. The molecule has 0 aromatic heterocycles. The van der Waals surface area contributed by atoms with Crippen LogP contribution < -0.4 is 5.32 Å². The maximum absolute atomic E-state index is 13.5. The fraction of sp³-hybridized carbons (Fsp3) is 0.286. The van der Waals surface area contributed by atoms with Crippen molar-refractivity contribution in [2.75, 3.05) is 20.1 Å². The zero-order chi connectivity index (χ0) is 13.8. The second-order valence-electron chi connectivity index (χ2n) is 4.29. The summed E-state index contributed by atoms with van der Waals surface area (Å²) in [5.41, 5.74) is 0.736. The average Bonchev–Trinajstić information content (AvgIpc) is 2.46. The first-order chi connectivity index (χ1) is 9.13. The summed E-state index contributed by atoms with van der Waals surface area (Å²) >= 11 is 0.